The van der Waals surface area contributed by atoms with Gasteiger partial charge in [-0.15, -0.1) is 0 Å². The van der Waals surface area contributed by atoms with Gasteiger partial charge in [0.1, 0.15) is 12.6 Å². The van der Waals surface area contributed by atoms with Crippen molar-refractivity contribution >= 4 is 39.1 Å². The van der Waals surface area contributed by atoms with Crippen molar-refractivity contribution in [3.8, 4) is 0 Å². The molecule has 0 heterocycles. The average molecular weight is 508 g/mol. The van der Waals surface area contributed by atoms with Crippen molar-refractivity contribution in [2.24, 2.45) is 5.92 Å². The van der Waals surface area contributed by atoms with Gasteiger partial charge in [-0.2, -0.15) is 0 Å². The van der Waals surface area contributed by atoms with E-state index in [0.29, 0.717) is 22.8 Å². The van der Waals surface area contributed by atoms with E-state index in [4.69, 9.17) is 11.6 Å². The molecule has 1 unspecified atom stereocenters. The second-order valence-electron chi connectivity index (χ2n) is 8.96. The number of hydrogen-bond acceptors (Lipinski definition) is 4. The van der Waals surface area contributed by atoms with Gasteiger partial charge in [0.15, 0.2) is 0 Å². The number of rotatable bonds is 10. The number of sulfonamides is 1. The Hall–Kier alpha value is -2.58. The zero-order valence-corrected chi connectivity index (χ0v) is 22.2. The Bertz CT molecular complexity index is 1130. The second kappa shape index (κ2) is 11.7. The second-order valence-corrected chi connectivity index (χ2v) is 11.3. The van der Waals surface area contributed by atoms with E-state index in [2.05, 4.69) is 5.32 Å². The molecule has 0 aliphatic heterocycles. The number of nitrogens with one attached hydrogen (secondary N) is 1. The minimum Gasteiger partial charge on any atom is -0.354 e. The molecule has 1 N–H and O–H groups in total. The van der Waals surface area contributed by atoms with Crippen molar-refractivity contribution < 1.29 is 18.0 Å². The molecule has 0 fully saturated rings. The number of carbonyl (C=O) groups is 2. The van der Waals surface area contributed by atoms with Crippen LogP contribution < -0.4 is 9.62 Å². The summed E-state index contributed by atoms with van der Waals surface area (Å²) in [5.41, 5.74) is 2.85. The Morgan fingerprint density at radius 3 is 2.24 bits per heavy atom. The fourth-order valence-corrected chi connectivity index (χ4v) is 4.63. The zero-order chi connectivity index (χ0) is 25.6. The van der Waals surface area contributed by atoms with Crippen LogP contribution in [0.1, 0.15) is 37.5 Å². The van der Waals surface area contributed by atoms with Crippen LogP contribution >= 0.6 is 11.6 Å². The van der Waals surface area contributed by atoms with Crippen LogP contribution in [0.2, 0.25) is 5.02 Å². The Labute approximate surface area is 208 Å². The molecule has 0 saturated carbocycles. The van der Waals surface area contributed by atoms with E-state index in [0.717, 1.165) is 21.7 Å². The molecule has 0 spiro atoms. The first-order chi connectivity index (χ1) is 15.8. The molecule has 0 aliphatic carbocycles. The molecule has 0 aliphatic rings. The predicted octanol–water partition coefficient (Wildman–Crippen LogP) is 3.91. The molecule has 34 heavy (non-hydrogen) atoms. The van der Waals surface area contributed by atoms with Gasteiger partial charge in [-0.1, -0.05) is 49.7 Å². The molecule has 2 aromatic carbocycles. The van der Waals surface area contributed by atoms with Crippen LogP contribution in [-0.2, 0) is 26.2 Å². The molecule has 186 valence electrons. The maximum absolute atomic E-state index is 13.6. The molecule has 2 rings (SSSR count). The molecule has 7 nitrogen and oxygen atoms in total. The first-order valence-electron chi connectivity index (χ1n) is 11.2. The minimum absolute atomic E-state index is 0.180. The van der Waals surface area contributed by atoms with Gasteiger partial charge in [0.05, 0.1) is 11.9 Å². The molecular weight excluding hydrogens is 474 g/mol. The summed E-state index contributed by atoms with van der Waals surface area (Å²) in [6, 6.07) is 11.6. The average Bonchev–Trinajstić information content (AvgIpc) is 2.74. The number of halogens is 1. The van der Waals surface area contributed by atoms with E-state index < -0.39 is 28.5 Å². The molecule has 9 heteroatoms. The van der Waals surface area contributed by atoms with Crippen molar-refractivity contribution in [2.45, 2.75) is 47.2 Å². The van der Waals surface area contributed by atoms with Crippen LogP contribution in [0.3, 0.4) is 0 Å². The molecule has 0 aromatic heterocycles. The fraction of sp³-hybridized carbons (Fsp3) is 0.440. The lowest BCUT2D eigenvalue weighted by atomic mass is 10.1. The maximum atomic E-state index is 13.6. The predicted molar refractivity (Wildman–Crippen MR) is 137 cm³/mol. The Morgan fingerprint density at radius 1 is 1.03 bits per heavy atom. The number of carbonyl (C=O) groups excluding carboxylic acids is 2. The monoisotopic (exact) mass is 507 g/mol. The van der Waals surface area contributed by atoms with E-state index in [1.807, 2.05) is 45.0 Å². The SMILES string of the molecule is Cc1ccccc1CN(C(=O)CN(c1ccc(Cl)cc1C)S(C)(=O)=O)C(C)C(=O)NCC(C)C. The normalized spacial score (nSPS) is 12.4. The largest absolute Gasteiger partial charge is 0.354 e. The molecule has 0 saturated heterocycles. The molecule has 0 radical (unpaired) electrons. The van der Waals surface area contributed by atoms with E-state index in [1.165, 1.54) is 4.90 Å². The van der Waals surface area contributed by atoms with E-state index >= 15 is 0 Å². The van der Waals surface area contributed by atoms with Gasteiger partial charge in [-0.25, -0.2) is 8.42 Å². The van der Waals surface area contributed by atoms with Crippen LogP contribution in [0.4, 0.5) is 5.69 Å². The van der Waals surface area contributed by atoms with E-state index in [1.54, 1.807) is 32.0 Å². The third-order valence-electron chi connectivity index (χ3n) is 5.56. The Morgan fingerprint density at radius 2 is 1.68 bits per heavy atom. The highest BCUT2D eigenvalue weighted by Crippen LogP contribution is 2.26. The van der Waals surface area contributed by atoms with E-state index in [9.17, 15) is 18.0 Å². The maximum Gasteiger partial charge on any atom is 0.244 e. The highest BCUT2D eigenvalue weighted by Gasteiger charge is 2.30. The standard InChI is InChI=1S/C25H34ClN3O4S/c1-17(2)14-27-25(31)20(5)28(15-21-10-8-7-9-18(21)3)24(30)16-29(34(6,32)33)23-12-11-22(26)13-19(23)4/h7-13,17,20H,14-16H2,1-6H3,(H,27,31). The lowest BCUT2D eigenvalue weighted by Gasteiger charge is -2.32. The van der Waals surface area contributed by atoms with Crippen LogP contribution in [0.15, 0.2) is 42.5 Å². The minimum atomic E-state index is -3.79. The van der Waals surface area contributed by atoms with Crippen molar-refractivity contribution in [3.63, 3.8) is 0 Å². The van der Waals surface area contributed by atoms with Crippen molar-refractivity contribution in [3.05, 3.63) is 64.2 Å². The third kappa shape index (κ3) is 7.46. The summed E-state index contributed by atoms with van der Waals surface area (Å²) in [4.78, 5) is 27.9. The summed E-state index contributed by atoms with van der Waals surface area (Å²) in [6.45, 7) is 9.52. The van der Waals surface area contributed by atoms with Gasteiger partial charge in [0, 0.05) is 18.1 Å². The van der Waals surface area contributed by atoms with Gasteiger partial charge in [-0.05, 0) is 61.6 Å². The van der Waals surface area contributed by atoms with Gasteiger partial charge < -0.3 is 10.2 Å². The number of amides is 2. The lowest BCUT2D eigenvalue weighted by Crippen LogP contribution is -2.51. The lowest BCUT2D eigenvalue weighted by molar-refractivity contribution is -0.139. The molecule has 2 amide bonds. The Kier molecular flexibility index (Phi) is 9.53. The third-order valence-corrected chi connectivity index (χ3v) is 6.92. The number of nitrogens with zero attached hydrogens (tertiary/aromatic N) is 2. The summed E-state index contributed by atoms with van der Waals surface area (Å²) in [5.74, 6) is -0.510. The number of anilines is 1. The first kappa shape index (κ1) is 27.7. The van der Waals surface area contributed by atoms with Gasteiger partial charge >= 0.3 is 0 Å². The summed E-state index contributed by atoms with van der Waals surface area (Å²) in [6.07, 6.45) is 1.05. The van der Waals surface area contributed by atoms with Crippen molar-refractivity contribution in [1.82, 2.24) is 10.2 Å². The van der Waals surface area contributed by atoms with Crippen LogP contribution in [-0.4, -0.2) is 50.5 Å². The summed E-state index contributed by atoms with van der Waals surface area (Å²) in [7, 11) is -3.79. The van der Waals surface area contributed by atoms with Crippen molar-refractivity contribution in [2.75, 3.05) is 23.7 Å². The van der Waals surface area contributed by atoms with E-state index in [-0.39, 0.29) is 18.4 Å². The van der Waals surface area contributed by atoms with Crippen LogP contribution in [0, 0.1) is 19.8 Å². The van der Waals surface area contributed by atoms with Crippen LogP contribution in [0.25, 0.3) is 0 Å². The topological polar surface area (TPSA) is 86.8 Å². The highest BCUT2D eigenvalue weighted by atomic mass is 35.5. The Balaban J connectivity index is 2.41. The van der Waals surface area contributed by atoms with Gasteiger partial charge in [0.25, 0.3) is 0 Å². The molecular formula is C25H34ClN3O4S. The molecule has 1 atom stereocenters. The number of benzene rings is 2. The molecule has 0 bridgehead atoms. The number of hydrogen-bond donors (Lipinski definition) is 1. The van der Waals surface area contributed by atoms with Crippen molar-refractivity contribution in [1.29, 1.82) is 0 Å². The first-order valence-corrected chi connectivity index (χ1v) is 13.4. The zero-order valence-electron chi connectivity index (χ0n) is 20.6. The summed E-state index contributed by atoms with van der Waals surface area (Å²) < 4.78 is 26.4. The quantitative estimate of drug-likeness (QED) is 0.528. The summed E-state index contributed by atoms with van der Waals surface area (Å²) >= 11 is 6.04. The highest BCUT2D eigenvalue weighted by molar-refractivity contribution is 7.92. The fourth-order valence-electron chi connectivity index (χ4n) is 3.50. The summed E-state index contributed by atoms with van der Waals surface area (Å²) in [5, 5.41) is 3.34. The number of aryl methyl sites for hydroxylation is 2. The van der Waals surface area contributed by atoms with Crippen LogP contribution in [0.5, 0.6) is 0 Å². The van der Waals surface area contributed by atoms with Gasteiger partial charge in [-0.3, -0.25) is 13.9 Å². The smallest absolute Gasteiger partial charge is 0.244 e. The van der Waals surface area contributed by atoms with Gasteiger partial charge in [0.2, 0.25) is 21.8 Å². The molecule has 2 aromatic rings.